The third-order valence-electron chi connectivity index (χ3n) is 2.52. The fraction of sp³-hybridized carbons (Fsp3) is 0.600. The van der Waals surface area contributed by atoms with E-state index in [-0.39, 0.29) is 0 Å². The lowest BCUT2D eigenvalue weighted by Crippen LogP contribution is -2.33. The summed E-state index contributed by atoms with van der Waals surface area (Å²) in [6, 6.07) is 4.41. The smallest absolute Gasteiger partial charge is 0.00889 e. The van der Waals surface area contributed by atoms with Crippen LogP contribution in [-0.2, 0) is 0 Å². The van der Waals surface area contributed by atoms with Crippen molar-refractivity contribution in [2.45, 2.75) is 19.3 Å². The quantitative estimate of drug-likeness (QED) is 0.702. The highest BCUT2D eigenvalue weighted by Gasteiger charge is 2.20. The standard InChI is InChI=1S/C10H15NS/c1-8-5-9(7-11-6-8)10-3-2-4-12-10/h2-4,8-9,11H,5-7H2,1H3. The molecule has 1 aliphatic heterocycles. The minimum absolute atomic E-state index is 0.772. The van der Waals surface area contributed by atoms with Gasteiger partial charge in [-0.25, -0.2) is 0 Å². The van der Waals surface area contributed by atoms with Gasteiger partial charge in [-0.3, -0.25) is 0 Å². The van der Waals surface area contributed by atoms with Crippen molar-refractivity contribution in [1.29, 1.82) is 0 Å². The Hall–Kier alpha value is -0.340. The molecule has 2 unspecified atom stereocenters. The predicted molar refractivity (Wildman–Crippen MR) is 53.7 cm³/mol. The van der Waals surface area contributed by atoms with E-state index in [0.29, 0.717) is 0 Å². The predicted octanol–water partition coefficient (Wildman–Crippen LogP) is 2.46. The van der Waals surface area contributed by atoms with Crippen molar-refractivity contribution in [1.82, 2.24) is 5.32 Å². The van der Waals surface area contributed by atoms with Crippen molar-refractivity contribution in [3.8, 4) is 0 Å². The van der Waals surface area contributed by atoms with Gasteiger partial charge in [0.25, 0.3) is 0 Å². The van der Waals surface area contributed by atoms with Crippen LogP contribution in [0.2, 0.25) is 0 Å². The highest BCUT2D eigenvalue weighted by molar-refractivity contribution is 7.10. The molecule has 2 atom stereocenters. The first kappa shape index (κ1) is 8.27. The number of nitrogens with one attached hydrogen (secondary N) is 1. The van der Waals surface area contributed by atoms with E-state index in [2.05, 4.69) is 29.8 Å². The van der Waals surface area contributed by atoms with E-state index in [4.69, 9.17) is 0 Å². The van der Waals surface area contributed by atoms with Crippen molar-refractivity contribution in [2.24, 2.45) is 5.92 Å². The van der Waals surface area contributed by atoms with Crippen LogP contribution in [0.3, 0.4) is 0 Å². The zero-order chi connectivity index (χ0) is 8.39. The molecule has 12 heavy (non-hydrogen) atoms. The summed E-state index contributed by atoms with van der Waals surface area (Å²) >= 11 is 1.89. The summed E-state index contributed by atoms with van der Waals surface area (Å²) in [6.07, 6.45) is 1.35. The SMILES string of the molecule is CC1CNCC(c2cccs2)C1. The van der Waals surface area contributed by atoms with Crippen LogP contribution in [0.4, 0.5) is 0 Å². The molecule has 1 saturated heterocycles. The fourth-order valence-electron chi connectivity index (χ4n) is 1.90. The minimum atomic E-state index is 0.772. The molecule has 0 bridgehead atoms. The van der Waals surface area contributed by atoms with E-state index in [1.54, 1.807) is 4.88 Å². The van der Waals surface area contributed by atoms with Crippen LogP contribution in [0.5, 0.6) is 0 Å². The molecule has 1 N–H and O–H groups in total. The van der Waals surface area contributed by atoms with Gasteiger partial charge in [0.15, 0.2) is 0 Å². The highest BCUT2D eigenvalue weighted by atomic mass is 32.1. The molecule has 1 aromatic heterocycles. The molecule has 1 aromatic rings. The van der Waals surface area contributed by atoms with E-state index >= 15 is 0 Å². The lowest BCUT2D eigenvalue weighted by Gasteiger charge is -2.26. The second kappa shape index (κ2) is 3.58. The van der Waals surface area contributed by atoms with Crippen LogP contribution in [0.25, 0.3) is 0 Å². The monoisotopic (exact) mass is 181 g/mol. The Balaban J connectivity index is 2.04. The number of rotatable bonds is 1. The van der Waals surface area contributed by atoms with E-state index < -0.39 is 0 Å². The molecule has 66 valence electrons. The maximum absolute atomic E-state index is 3.48. The van der Waals surface area contributed by atoms with Crippen LogP contribution < -0.4 is 5.32 Å². The van der Waals surface area contributed by atoms with Gasteiger partial charge in [0.2, 0.25) is 0 Å². The first-order valence-electron chi connectivity index (χ1n) is 4.60. The summed E-state index contributed by atoms with van der Waals surface area (Å²) in [5, 5.41) is 5.65. The average Bonchev–Trinajstić information content (AvgIpc) is 2.56. The first-order chi connectivity index (χ1) is 5.86. The van der Waals surface area contributed by atoms with E-state index in [9.17, 15) is 0 Å². The molecular formula is C10H15NS. The van der Waals surface area contributed by atoms with Crippen LogP contribution in [0.15, 0.2) is 17.5 Å². The third kappa shape index (κ3) is 1.70. The molecule has 0 aliphatic carbocycles. The van der Waals surface area contributed by atoms with Gasteiger partial charge in [-0.15, -0.1) is 11.3 Å². The highest BCUT2D eigenvalue weighted by Crippen LogP contribution is 2.28. The first-order valence-corrected chi connectivity index (χ1v) is 5.48. The van der Waals surface area contributed by atoms with Gasteiger partial charge >= 0.3 is 0 Å². The van der Waals surface area contributed by atoms with Crippen LogP contribution in [0, 0.1) is 5.92 Å². The van der Waals surface area contributed by atoms with Crippen molar-refractivity contribution < 1.29 is 0 Å². The Bertz CT molecular complexity index is 230. The molecule has 0 amide bonds. The van der Waals surface area contributed by atoms with Gasteiger partial charge in [-0.05, 0) is 30.3 Å². The molecule has 0 saturated carbocycles. The van der Waals surface area contributed by atoms with Gasteiger partial charge in [0.1, 0.15) is 0 Å². The van der Waals surface area contributed by atoms with E-state index in [1.165, 1.54) is 19.5 Å². The Labute approximate surface area is 77.8 Å². The van der Waals surface area contributed by atoms with Gasteiger partial charge in [-0.1, -0.05) is 13.0 Å². The normalized spacial score (nSPS) is 30.4. The molecule has 1 fully saturated rings. The summed E-state index contributed by atoms with van der Waals surface area (Å²) in [5.74, 6) is 1.61. The number of thiophene rings is 1. The second-order valence-corrected chi connectivity index (χ2v) is 4.69. The lowest BCUT2D eigenvalue weighted by molar-refractivity contribution is 0.367. The minimum Gasteiger partial charge on any atom is -0.316 e. The molecule has 0 spiro atoms. The maximum Gasteiger partial charge on any atom is 0.00889 e. The van der Waals surface area contributed by atoms with Crippen molar-refractivity contribution >= 4 is 11.3 Å². The summed E-state index contributed by atoms with van der Waals surface area (Å²) in [4.78, 5) is 1.55. The van der Waals surface area contributed by atoms with Crippen LogP contribution in [0.1, 0.15) is 24.1 Å². The molecule has 0 aromatic carbocycles. The van der Waals surface area contributed by atoms with Gasteiger partial charge < -0.3 is 5.32 Å². The number of hydrogen-bond donors (Lipinski definition) is 1. The lowest BCUT2D eigenvalue weighted by atomic mass is 9.91. The molecule has 2 rings (SSSR count). The zero-order valence-electron chi connectivity index (χ0n) is 7.42. The second-order valence-electron chi connectivity index (χ2n) is 3.71. The Morgan fingerprint density at radius 2 is 2.42 bits per heavy atom. The molecular weight excluding hydrogens is 166 g/mol. The number of hydrogen-bond acceptors (Lipinski definition) is 2. The van der Waals surface area contributed by atoms with Gasteiger partial charge in [0.05, 0.1) is 0 Å². The summed E-state index contributed by atoms with van der Waals surface area (Å²) in [6.45, 7) is 4.69. The average molecular weight is 181 g/mol. The fourth-order valence-corrected chi connectivity index (χ4v) is 2.74. The van der Waals surface area contributed by atoms with Crippen LogP contribution in [-0.4, -0.2) is 13.1 Å². The number of piperidine rings is 1. The summed E-state index contributed by atoms with van der Waals surface area (Å²) < 4.78 is 0. The van der Waals surface area contributed by atoms with Crippen molar-refractivity contribution in [2.75, 3.05) is 13.1 Å². The molecule has 1 aliphatic rings. The molecule has 1 nitrogen and oxygen atoms in total. The van der Waals surface area contributed by atoms with Crippen molar-refractivity contribution in [3.63, 3.8) is 0 Å². The summed E-state index contributed by atoms with van der Waals surface area (Å²) in [5.41, 5.74) is 0. The van der Waals surface area contributed by atoms with Crippen molar-refractivity contribution in [3.05, 3.63) is 22.4 Å². The van der Waals surface area contributed by atoms with E-state index in [1.807, 2.05) is 11.3 Å². The zero-order valence-corrected chi connectivity index (χ0v) is 8.23. The van der Waals surface area contributed by atoms with E-state index in [0.717, 1.165) is 11.8 Å². The topological polar surface area (TPSA) is 12.0 Å². The maximum atomic E-state index is 3.48. The van der Waals surface area contributed by atoms with Gasteiger partial charge in [0, 0.05) is 17.3 Å². The summed E-state index contributed by atoms with van der Waals surface area (Å²) in [7, 11) is 0. The molecule has 2 heterocycles. The van der Waals surface area contributed by atoms with Gasteiger partial charge in [-0.2, -0.15) is 0 Å². The Kier molecular flexibility index (Phi) is 2.47. The largest absolute Gasteiger partial charge is 0.316 e. The Morgan fingerprint density at radius 3 is 3.08 bits per heavy atom. The Morgan fingerprint density at radius 1 is 1.50 bits per heavy atom. The molecule has 2 heteroatoms. The third-order valence-corrected chi connectivity index (χ3v) is 3.55. The molecule has 0 radical (unpaired) electrons. The van der Waals surface area contributed by atoms with Crippen LogP contribution >= 0.6 is 11.3 Å².